The summed E-state index contributed by atoms with van der Waals surface area (Å²) in [6, 6.07) is 1.69. The van der Waals surface area contributed by atoms with Crippen LogP contribution in [0.2, 0.25) is 0 Å². The van der Waals surface area contributed by atoms with Crippen molar-refractivity contribution in [2.75, 3.05) is 6.54 Å². The molecule has 1 heterocycles. The Labute approximate surface area is 89.3 Å². The van der Waals surface area contributed by atoms with Crippen molar-refractivity contribution in [1.29, 1.82) is 0 Å². The highest BCUT2D eigenvalue weighted by atomic mass is 16.4. The predicted octanol–water partition coefficient (Wildman–Crippen LogP) is 2.11. The normalized spacial score (nSPS) is 10.9. The lowest BCUT2D eigenvalue weighted by atomic mass is 10.1. The molecule has 4 nitrogen and oxygen atoms in total. The van der Waals surface area contributed by atoms with Crippen LogP contribution in [0.4, 0.5) is 0 Å². The van der Waals surface area contributed by atoms with Crippen LogP contribution in [0, 0.1) is 5.92 Å². The van der Waals surface area contributed by atoms with Gasteiger partial charge in [0.15, 0.2) is 0 Å². The summed E-state index contributed by atoms with van der Waals surface area (Å²) in [7, 11) is 0. The van der Waals surface area contributed by atoms with Crippen LogP contribution >= 0.6 is 0 Å². The number of hydrogen-bond acceptors (Lipinski definition) is 3. The van der Waals surface area contributed by atoms with Gasteiger partial charge in [-0.15, -0.1) is 0 Å². The summed E-state index contributed by atoms with van der Waals surface area (Å²) in [6.45, 7) is 5.75. The standard InChI is InChI=1S/C11H17NO3/c1-8(2)3-5-12-7-9-4-6-15-10(9)11(13)14/h4,6,8,12H,3,5,7H2,1-2H3,(H,13,14). The molecule has 0 fully saturated rings. The van der Waals surface area contributed by atoms with Crippen molar-refractivity contribution in [3.63, 3.8) is 0 Å². The lowest BCUT2D eigenvalue weighted by Gasteiger charge is -2.05. The molecule has 1 aromatic rings. The predicted molar refractivity (Wildman–Crippen MR) is 56.8 cm³/mol. The van der Waals surface area contributed by atoms with E-state index in [1.54, 1.807) is 6.07 Å². The van der Waals surface area contributed by atoms with Crippen LogP contribution < -0.4 is 5.32 Å². The summed E-state index contributed by atoms with van der Waals surface area (Å²) < 4.78 is 4.86. The van der Waals surface area contributed by atoms with E-state index in [4.69, 9.17) is 9.52 Å². The summed E-state index contributed by atoms with van der Waals surface area (Å²) in [6.07, 6.45) is 2.49. The fraction of sp³-hybridized carbons (Fsp3) is 0.545. The number of rotatable bonds is 6. The Morgan fingerprint density at radius 3 is 2.93 bits per heavy atom. The Kier molecular flexibility index (Phi) is 4.37. The topological polar surface area (TPSA) is 62.5 Å². The zero-order chi connectivity index (χ0) is 11.3. The molecule has 0 saturated carbocycles. The van der Waals surface area contributed by atoms with Crippen molar-refractivity contribution in [3.05, 3.63) is 23.7 Å². The number of nitrogens with one attached hydrogen (secondary N) is 1. The molecule has 0 spiro atoms. The smallest absolute Gasteiger partial charge is 0.372 e. The molecule has 0 aromatic carbocycles. The van der Waals surface area contributed by atoms with Gasteiger partial charge >= 0.3 is 5.97 Å². The summed E-state index contributed by atoms with van der Waals surface area (Å²) >= 11 is 0. The first-order valence-corrected chi connectivity index (χ1v) is 5.11. The third-order valence-electron chi connectivity index (χ3n) is 2.15. The monoisotopic (exact) mass is 211 g/mol. The Bertz CT molecular complexity index is 317. The van der Waals surface area contributed by atoms with Gasteiger partial charge in [0, 0.05) is 12.1 Å². The second-order valence-electron chi connectivity index (χ2n) is 3.94. The van der Waals surface area contributed by atoms with Gasteiger partial charge < -0.3 is 14.8 Å². The highest BCUT2D eigenvalue weighted by molar-refractivity contribution is 5.86. The average Bonchev–Trinajstić information content (AvgIpc) is 2.60. The van der Waals surface area contributed by atoms with E-state index in [9.17, 15) is 4.79 Å². The average molecular weight is 211 g/mol. The fourth-order valence-corrected chi connectivity index (χ4v) is 1.28. The highest BCUT2D eigenvalue weighted by Crippen LogP contribution is 2.10. The quantitative estimate of drug-likeness (QED) is 0.707. The van der Waals surface area contributed by atoms with Crippen LogP contribution in [-0.2, 0) is 6.54 Å². The zero-order valence-electron chi connectivity index (χ0n) is 9.12. The second-order valence-corrected chi connectivity index (χ2v) is 3.94. The lowest BCUT2D eigenvalue weighted by molar-refractivity contribution is 0.0660. The van der Waals surface area contributed by atoms with E-state index in [1.807, 2.05) is 0 Å². The Balaban J connectivity index is 2.37. The van der Waals surface area contributed by atoms with E-state index in [2.05, 4.69) is 19.2 Å². The first-order valence-electron chi connectivity index (χ1n) is 5.11. The molecule has 1 aromatic heterocycles. The van der Waals surface area contributed by atoms with E-state index in [-0.39, 0.29) is 5.76 Å². The van der Waals surface area contributed by atoms with Gasteiger partial charge in [0.25, 0.3) is 0 Å². The number of aromatic carboxylic acids is 1. The molecule has 0 aliphatic heterocycles. The van der Waals surface area contributed by atoms with Crippen molar-refractivity contribution in [2.45, 2.75) is 26.8 Å². The molecule has 0 aliphatic rings. The minimum atomic E-state index is -1.01. The van der Waals surface area contributed by atoms with Crippen LogP contribution in [0.5, 0.6) is 0 Å². The zero-order valence-corrected chi connectivity index (χ0v) is 9.12. The molecule has 0 amide bonds. The number of carboxylic acid groups (broad SMARTS) is 1. The van der Waals surface area contributed by atoms with Crippen molar-refractivity contribution in [2.24, 2.45) is 5.92 Å². The maximum atomic E-state index is 10.7. The largest absolute Gasteiger partial charge is 0.475 e. The summed E-state index contributed by atoms with van der Waals surface area (Å²) in [5, 5.41) is 12.0. The van der Waals surface area contributed by atoms with Crippen LogP contribution in [0.3, 0.4) is 0 Å². The molecule has 84 valence electrons. The number of hydrogen-bond donors (Lipinski definition) is 2. The summed E-state index contributed by atoms with van der Waals surface area (Å²) in [4.78, 5) is 10.7. The molecule has 0 unspecified atom stereocenters. The van der Waals surface area contributed by atoms with Gasteiger partial charge in [0.05, 0.1) is 6.26 Å². The van der Waals surface area contributed by atoms with Crippen LogP contribution in [0.15, 0.2) is 16.7 Å². The third kappa shape index (κ3) is 3.75. The van der Waals surface area contributed by atoms with Gasteiger partial charge in [-0.05, 0) is 24.9 Å². The maximum Gasteiger partial charge on any atom is 0.372 e. The van der Waals surface area contributed by atoms with Crippen LogP contribution in [0.25, 0.3) is 0 Å². The molecule has 0 bridgehead atoms. The SMILES string of the molecule is CC(C)CCNCc1ccoc1C(=O)O. The number of carbonyl (C=O) groups is 1. The van der Waals surface area contributed by atoms with Gasteiger partial charge in [0.2, 0.25) is 5.76 Å². The summed E-state index contributed by atoms with van der Waals surface area (Å²) in [5.74, 6) is -0.325. The van der Waals surface area contributed by atoms with Crippen LogP contribution in [-0.4, -0.2) is 17.6 Å². The molecule has 0 saturated heterocycles. The third-order valence-corrected chi connectivity index (χ3v) is 2.15. The Morgan fingerprint density at radius 2 is 2.33 bits per heavy atom. The molecule has 4 heteroatoms. The molecule has 0 aliphatic carbocycles. The van der Waals surface area contributed by atoms with E-state index in [0.29, 0.717) is 18.0 Å². The van der Waals surface area contributed by atoms with Crippen LogP contribution in [0.1, 0.15) is 36.4 Å². The van der Waals surface area contributed by atoms with E-state index in [0.717, 1.165) is 13.0 Å². The highest BCUT2D eigenvalue weighted by Gasteiger charge is 2.12. The minimum absolute atomic E-state index is 0.0343. The molecule has 1 rings (SSSR count). The molecule has 2 N–H and O–H groups in total. The maximum absolute atomic E-state index is 10.7. The van der Waals surface area contributed by atoms with Gasteiger partial charge in [0.1, 0.15) is 0 Å². The Morgan fingerprint density at radius 1 is 1.60 bits per heavy atom. The first kappa shape index (κ1) is 11.8. The second kappa shape index (κ2) is 5.56. The molecule has 0 atom stereocenters. The molecule has 15 heavy (non-hydrogen) atoms. The first-order chi connectivity index (χ1) is 7.11. The van der Waals surface area contributed by atoms with E-state index >= 15 is 0 Å². The fourth-order valence-electron chi connectivity index (χ4n) is 1.28. The van der Waals surface area contributed by atoms with Gasteiger partial charge in [-0.2, -0.15) is 0 Å². The summed E-state index contributed by atoms with van der Waals surface area (Å²) in [5.41, 5.74) is 0.700. The van der Waals surface area contributed by atoms with Crippen molar-refractivity contribution >= 4 is 5.97 Å². The molecular weight excluding hydrogens is 194 g/mol. The van der Waals surface area contributed by atoms with E-state index < -0.39 is 5.97 Å². The lowest BCUT2D eigenvalue weighted by Crippen LogP contribution is -2.17. The molecule has 0 radical (unpaired) electrons. The van der Waals surface area contributed by atoms with Crippen molar-refractivity contribution in [1.82, 2.24) is 5.32 Å². The number of furan rings is 1. The Hall–Kier alpha value is -1.29. The van der Waals surface area contributed by atoms with Gasteiger partial charge in [-0.3, -0.25) is 0 Å². The molecular formula is C11H17NO3. The number of carboxylic acids is 1. The van der Waals surface area contributed by atoms with Gasteiger partial charge in [-0.1, -0.05) is 13.8 Å². The van der Waals surface area contributed by atoms with Crippen molar-refractivity contribution < 1.29 is 14.3 Å². The minimum Gasteiger partial charge on any atom is -0.475 e. The van der Waals surface area contributed by atoms with E-state index in [1.165, 1.54) is 6.26 Å². The van der Waals surface area contributed by atoms with Crippen molar-refractivity contribution in [3.8, 4) is 0 Å². The van der Waals surface area contributed by atoms with Gasteiger partial charge in [-0.25, -0.2) is 4.79 Å².